The van der Waals surface area contributed by atoms with Gasteiger partial charge in [0.15, 0.2) is 5.76 Å². The van der Waals surface area contributed by atoms with E-state index in [0.717, 1.165) is 29.6 Å². The van der Waals surface area contributed by atoms with Crippen molar-refractivity contribution < 1.29 is 13.9 Å². The van der Waals surface area contributed by atoms with Gasteiger partial charge in [0.25, 0.3) is 0 Å². The molecule has 0 aliphatic heterocycles. The lowest BCUT2D eigenvalue weighted by Crippen LogP contribution is -2.49. The Bertz CT molecular complexity index is 696. The lowest BCUT2D eigenvalue weighted by molar-refractivity contribution is 0.0816. The highest BCUT2D eigenvalue weighted by Gasteiger charge is 2.31. The van der Waals surface area contributed by atoms with E-state index in [1.165, 1.54) is 0 Å². The number of fused-ring (bicyclic) bond motifs is 1. The molecule has 1 aliphatic rings. The summed E-state index contributed by atoms with van der Waals surface area (Å²) in [5, 5.41) is 4.44. The molecule has 2 aromatic rings. The molecule has 1 aromatic heterocycles. The molecule has 4 nitrogen and oxygen atoms in total. The minimum absolute atomic E-state index is 0.0327. The summed E-state index contributed by atoms with van der Waals surface area (Å²) in [6, 6.07) is 8.64. The van der Waals surface area contributed by atoms with Crippen LogP contribution in [0.15, 0.2) is 28.7 Å². The van der Waals surface area contributed by atoms with Gasteiger partial charge in [-0.15, -0.1) is 0 Å². The van der Waals surface area contributed by atoms with Crippen LogP contribution in [0.4, 0.5) is 0 Å². The number of hydrogen-bond acceptors (Lipinski definition) is 4. The molecule has 0 radical (unpaired) electrons. The molecule has 0 unspecified atom stereocenters. The third-order valence-corrected chi connectivity index (χ3v) is 4.22. The first-order valence-electron chi connectivity index (χ1n) is 8.43. The zero-order chi connectivity index (χ0) is 16.6. The number of nitrogens with one attached hydrogen (secondary N) is 1. The minimum Gasteiger partial charge on any atom is -0.490 e. The summed E-state index contributed by atoms with van der Waals surface area (Å²) in [5.41, 5.74) is 0.731. The van der Waals surface area contributed by atoms with Crippen LogP contribution < -0.4 is 10.1 Å². The average Bonchev–Trinajstić information content (AvgIpc) is 2.86. The number of Topliss-reactive ketones (excluding diaryl/α,β-unsaturated/α-hetero) is 1. The number of hydrogen-bond donors (Lipinski definition) is 1. The summed E-state index contributed by atoms with van der Waals surface area (Å²) >= 11 is 0. The Kier molecular flexibility index (Phi) is 4.44. The van der Waals surface area contributed by atoms with E-state index in [4.69, 9.17) is 9.15 Å². The second-order valence-corrected chi connectivity index (χ2v) is 7.06. The third kappa shape index (κ3) is 3.58. The topological polar surface area (TPSA) is 51.5 Å². The Hall–Kier alpha value is -1.81. The Balaban J connectivity index is 1.66. The van der Waals surface area contributed by atoms with Crippen LogP contribution >= 0.6 is 0 Å². The monoisotopic (exact) mass is 315 g/mol. The zero-order valence-corrected chi connectivity index (χ0v) is 14.3. The fraction of sp³-hybridized carbons (Fsp3) is 0.526. The first-order valence-corrected chi connectivity index (χ1v) is 8.43. The van der Waals surface area contributed by atoms with Crippen LogP contribution in [0.3, 0.4) is 0 Å². The van der Waals surface area contributed by atoms with Crippen LogP contribution in [0.1, 0.15) is 51.1 Å². The summed E-state index contributed by atoms with van der Waals surface area (Å²) in [6.45, 7) is 8.08. The summed E-state index contributed by atoms with van der Waals surface area (Å²) < 4.78 is 11.7. The maximum absolute atomic E-state index is 12.0. The molecule has 0 saturated heterocycles. The Morgan fingerprint density at radius 1 is 1.22 bits per heavy atom. The molecule has 0 atom stereocenters. The van der Waals surface area contributed by atoms with Crippen LogP contribution in [0.2, 0.25) is 0 Å². The number of rotatable bonds is 6. The molecule has 1 saturated carbocycles. The van der Waals surface area contributed by atoms with Crippen molar-refractivity contribution in [3.63, 3.8) is 0 Å². The molecule has 3 rings (SSSR count). The van der Waals surface area contributed by atoms with E-state index in [-0.39, 0.29) is 17.8 Å². The van der Waals surface area contributed by atoms with Gasteiger partial charge in [-0.25, -0.2) is 0 Å². The molecule has 1 heterocycles. The Morgan fingerprint density at radius 2 is 1.96 bits per heavy atom. The van der Waals surface area contributed by atoms with Gasteiger partial charge in [0.1, 0.15) is 17.4 Å². The lowest BCUT2D eigenvalue weighted by Gasteiger charge is -2.37. The quantitative estimate of drug-likeness (QED) is 0.813. The van der Waals surface area contributed by atoms with Crippen molar-refractivity contribution >= 4 is 16.8 Å². The molecule has 1 aromatic carbocycles. The van der Waals surface area contributed by atoms with Crippen LogP contribution in [0.5, 0.6) is 5.75 Å². The lowest BCUT2D eigenvalue weighted by atomic mass is 9.88. The minimum atomic E-state index is -0.0633. The van der Waals surface area contributed by atoms with E-state index in [9.17, 15) is 4.79 Å². The Labute approximate surface area is 137 Å². The number of carbonyl (C=O) groups excluding carboxylic acids is 1. The number of benzene rings is 1. The second-order valence-electron chi connectivity index (χ2n) is 7.06. The van der Waals surface area contributed by atoms with Crippen molar-refractivity contribution in [3.8, 4) is 5.75 Å². The summed E-state index contributed by atoms with van der Waals surface area (Å²) in [6.07, 6.45) is 2.35. The highest BCUT2D eigenvalue weighted by atomic mass is 16.5. The van der Waals surface area contributed by atoms with Crippen molar-refractivity contribution in [1.29, 1.82) is 0 Å². The first kappa shape index (κ1) is 16.1. The normalized spacial score (nSPS) is 21.0. The van der Waals surface area contributed by atoms with Gasteiger partial charge in [-0.3, -0.25) is 4.79 Å². The molecule has 23 heavy (non-hydrogen) atoms. The molecule has 4 heteroatoms. The van der Waals surface area contributed by atoms with Crippen molar-refractivity contribution in [1.82, 2.24) is 5.32 Å². The van der Waals surface area contributed by atoms with Gasteiger partial charge in [0.05, 0.1) is 0 Å². The standard InChI is InChI=1S/C19H25NO3/c1-11(2)19(21)18-8-13-7-15(5-6-17(13)23-18)22-16-9-14(10-16)20-12(3)4/h5-8,11-12,14,16,20H,9-10H2,1-4H3/t14-,16+. The van der Waals surface area contributed by atoms with E-state index in [1.807, 2.05) is 38.1 Å². The highest BCUT2D eigenvalue weighted by Crippen LogP contribution is 2.30. The predicted octanol–water partition coefficient (Wildman–Crippen LogP) is 4.18. The first-order chi connectivity index (χ1) is 10.9. The Morgan fingerprint density at radius 3 is 2.61 bits per heavy atom. The van der Waals surface area contributed by atoms with Crippen LogP contribution in [0.25, 0.3) is 11.0 Å². The molecule has 0 spiro atoms. The maximum Gasteiger partial charge on any atom is 0.200 e. The van der Waals surface area contributed by atoms with Crippen LogP contribution in [-0.2, 0) is 0 Å². The van der Waals surface area contributed by atoms with Crippen molar-refractivity contribution in [2.75, 3.05) is 0 Å². The van der Waals surface area contributed by atoms with E-state index in [0.29, 0.717) is 17.8 Å². The molecule has 1 fully saturated rings. The average molecular weight is 315 g/mol. The van der Waals surface area contributed by atoms with Gasteiger partial charge in [-0.2, -0.15) is 0 Å². The number of ether oxygens (including phenoxy) is 1. The van der Waals surface area contributed by atoms with Crippen LogP contribution in [0, 0.1) is 5.92 Å². The molecule has 1 aliphatic carbocycles. The summed E-state index contributed by atoms with van der Waals surface area (Å²) in [5.74, 6) is 1.24. The van der Waals surface area contributed by atoms with Crippen molar-refractivity contribution in [2.45, 2.75) is 58.7 Å². The fourth-order valence-electron chi connectivity index (χ4n) is 2.96. The molecular formula is C19H25NO3. The van der Waals surface area contributed by atoms with Crippen LogP contribution in [-0.4, -0.2) is 24.0 Å². The van der Waals surface area contributed by atoms with Gasteiger partial charge >= 0.3 is 0 Å². The van der Waals surface area contributed by atoms with E-state index in [1.54, 1.807) is 0 Å². The SMILES string of the molecule is CC(C)N[C@H]1C[C@@H](Oc2ccc3oc(C(=O)C(C)C)cc3c2)C1. The molecule has 124 valence electrons. The number of carbonyl (C=O) groups is 1. The van der Waals surface area contributed by atoms with E-state index >= 15 is 0 Å². The molecule has 0 bridgehead atoms. The number of ketones is 1. The number of furan rings is 1. The van der Waals surface area contributed by atoms with Crippen molar-refractivity contribution in [2.24, 2.45) is 5.92 Å². The fourth-order valence-corrected chi connectivity index (χ4v) is 2.96. The zero-order valence-electron chi connectivity index (χ0n) is 14.3. The van der Waals surface area contributed by atoms with Gasteiger partial charge in [-0.1, -0.05) is 27.7 Å². The van der Waals surface area contributed by atoms with Crippen molar-refractivity contribution in [3.05, 3.63) is 30.0 Å². The summed E-state index contributed by atoms with van der Waals surface area (Å²) in [7, 11) is 0. The van der Waals surface area contributed by atoms with Gasteiger partial charge in [0, 0.05) is 23.4 Å². The third-order valence-electron chi connectivity index (χ3n) is 4.22. The molecule has 1 N–H and O–H groups in total. The maximum atomic E-state index is 12.0. The largest absolute Gasteiger partial charge is 0.490 e. The summed E-state index contributed by atoms with van der Waals surface area (Å²) in [4.78, 5) is 12.0. The predicted molar refractivity (Wildman–Crippen MR) is 91.1 cm³/mol. The molecular weight excluding hydrogens is 290 g/mol. The van der Waals surface area contributed by atoms with Gasteiger partial charge in [-0.05, 0) is 37.1 Å². The van der Waals surface area contributed by atoms with E-state index < -0.39 is 0 Å². The van der Waals surface area contributed by atoms with Gasteiger partial charge in [0.2, 0.25) is 5.78 Å². The van der Waals surface area contributed by atoms with Gasteiger partial charge < -0.3 is 14.5 Å². The van der Waals surface area contributed by atoms with E-state index in [2.05, 4.69) is 19.2 Å². The molecule has 0 amide bonds. The highest BCUT2D eigenvalue weighted by molar-refractivity contribution is 5.98. The second kappa shape index (κ2) is 6.36. The smallest absolute Gasteiger partial charge is 0.200 e.